The Bertz CT molecular complexity index is 1500. The molecule has 0 aliphatic heterocycles. The Labute approximate surface area is 195 Å². The molecule has 2 aromatic carbocycles. The van der Waals surface area contributed by atoms with Crippen molar-refractivity contribution in [1.82, 2.24) is 24.6 Å². The smallest absolute Gasteiger partial charge is 0.356 e. The fraction of sp³-hybridized carbons (Fsp3) is 0.154. The van der Waals surface area contributed by atoms with E-state index in [1.165, 1.54) is 6.07 Å². The molecule has 5 aromatic rings. The molecular formula is C26H22N6O2. The average Bonchev–Trinajstić information content (AvgIpc) is 3.51. The summed E-state index contributed by atoms with van der Waals surface area (Å²) in [5, 5.41) is 14.2. The molecule has 8 nitrogen and oxygen atoms in total. The zero-order chi connectivity index (χ0) is 23.3. The van der Waals surface area contributed by atoms with Gasteiger partial charge >= 0.3 is 5.97 Å². The first-order valence-corrected chi connectivity index (χ1v) is 11.2. The van der Waals surface area contributed by atoms with Gasteiger partial charge in [0.1, 0.15) is 11.5 Å². The van der Waals surface area contributed by atoms with Crippen LogP contribution in [-0.4, -0.2) is 35.6 Å². The lowest BCUT2D eigenvalue weighted by atomic mass is 9.72. The highest BCUT2D eigenvalue weighted by Crippen LogP contribution is 2.40. The summed E-state index contributed by atoms with van der Waals surface area (Å²) in [6.45, 7) is 0. The maximum atomic E-state index is 11.9. The molecule has 0 unspecified atom stereocenters. The first-order valence-electron chi connectivity index (χ1n) is 11.2. The fourth-order valence-corrected chi connectivity index (χ4v) is 4.58. The number of nitrogens with one attached hydrogen (secondary N) is 1. The Morgan fingerprint density at radius 1 is 1.06 bits per heavy atom. The van der Waals surface area contributed by atoms with Crippen LogP contribution in [0.1, 0.15) is 35.3 Å². The molecule has 6 rings (SSSR count). The molecule has 1 fully saturated rings. The number of fused-ring (bicyclic) bond motifs is 1. The number of rotatable bonds is 5. The van der Waals surface area contributed by atoms with E-state index in [1.54, 1.807) is 16.9 Å². The van der Waals surface area contributed by atoms with E-state index >= 15 is 0 Å². The molecular weight excluding hydrogens is 428 g/mol. The summed E-state index contributed by atoms with van der Waals surface area (Å²) in [6.07, 6.45) is 6.44. The normalized spacial score (nSPS) is 14.7. The van der Waals surface area contributed by atoms with Crippen molar-refractivity contribution >= 4 is 11.6 Å². The van der Waals surface area contributed by atoms with Crippen molar-refractivity contribution in [2.24, 2.45) is 5.73 Å². The third-order valence-electron chi connectivity index (χ3n) is 6.58. The molecule has 0 spiro atoms. The Balaban J connectivity index is 1.62. The molecule has 0 radical (unpaired) electrons. The van der Waals surface area contributed by atoms with Crippen molar-refractivity contribution < 1.29 is 9.90 Å². The zero-order valence-electron chi connectivity index (χ0n) is 18.3. The van der Waals surface area contributed by atoms with Crippen molar-refractivity contribution in [3.05, 3.63) is 84.3 Å². The lowest BCUT2D eigenvalue weighted by Gasteiger charge is -2.38. The molecule has 0 saturated heterocycles. The van der Waals surface area contributed by atoms with Gasteiger partial charge in [0.05, 0.1) is 11.3 Å². The monoisotopic (exact) mass is 450 g/mol. The number of aromatic amines is 1. The van der Waals surface area contributed by atoms with E-state index in [0.717, 1.165) is 36.0 Å². The lowest BCUT2D eigenvalue weighted by Crippen LogP contribution is -2.43. The van der Waals surface area contributed by atoms with Crippen molar-refractivity contribution in [2.45, 2.75) is 24.8 Å². The van der Waals surface area contributed by atoms with Gasteiger partial charge in [-0.3, -0.25) is 0 Å². The van der Waals surface area contributed by atoms with Crippen molar-refractivity contribution in [1.29, 1.82) is 0 Å². The summed E-state index contributed by atoms with van der Waals surface area (Å²) in [7, 11) is 0. The van der Waals surface area contributed by atoms with Gasteiger partial charge in [0.2, 0.25) is 0 Å². The summed E-state index contributed by atoms with van der Waals surface area (Å²) in [5.41, 5.74) is 11.6. The van der Waals surface area contributed by atoms with Crippen molar-refractivity contribution in [3.63, 3.8) is 0 Å². The summed E-state index contributed by atoms with van der Waals surface area (Å²) >= 11 is 0. The van der Waals surface area contributed by atoms with Gasteiger partial charge in [-0.1, -0.05) is 54.6 Å². The van der Waals surface area contributed by atoms with Crippen molar-refractivity contribution in [2.75, 3.05) is 0 Å². The number of aromatic nitrogens is 5. The second-order valence-corrected chi connectivity index (χ2v) is 8.68. The van der Waals surface area contributed by atoms with E-state index in [-0.39, 0.29) is 11.2 Å². The number of carbonyl (C=O) groups is 1. The second-order valence-electron chi connectivity index (χ2n) is 8.68. The highest BCUT2D eigenvalue weighted by Gasteiger charge is 2.34. The number of imidazole rings is 2. The molecule has 1 aliphatic carbocycles. The van der Waals surface area contributed by atoms with E-state index in [1.807, 2.05) is 42.5 Å². The number of carboxylic acid groups (broad SMARTS) is 1. The molecule has 3 aromatic heterocycles. The molecule has 0 amide bonds. The van der Waals surface area contributed by atoms with Crippen LogP contribution < -0.4 is 5.73 Å². The van der Waals surface area contributed by atoms with Gasteiger partial charge in [0.25, 0.3) is 0 Å². The van der Waals surface area contributed by atoms with Crippen LogP contribution in [0, 0.1) is 0 Å². The van der Waals surface area contributed by atoms with Crippen LogP contribution in [0.15, 0.2) is 73.1 Å². The summed E-state index contributed by atoms with van der Waals surface area (Å²) < 4.78 is 1.61. The van der Waals surface area contributed by atoms with Crippen LogP contribution in [-0.2, 0) is 5.54 Å². The third-order valence-corrected chi connectivity index (χ3v) is 6.58. The molecule has 168 valence electrons. The largest absolute Gasteiger partial charge is 0.476 e. The number of benzene rings is 2. The number of hydrogen-bond donors (Lipinski definition) is 3. The zero-order valence-corrected chi connectivity index (χ0v) is 18.3. The van der Waals surface area contributed by atoms with Gasteiger partial charge < -0.3 is 15.8 Å². The minimum absolute atomic E-state index is 0.0922. The number of nitrogens with zero attached hydrogens (tertiary/aromatic N) is 4. The molecule has 8 heteroatoms. The van der Waals surface area contributed by atoms with Crippen LogP contribution in [0.5, 0.6) is 0 Å². The van der Waals surface area contributed by atoms with Gasteiger partial charge in [0, 0.05) is 29.1 Å². The number of nitrogens with two attached hydrogens (primary N) is 1. The summed E-state index contributed by atoms with van der Waals surface area (Å²) in [5.74, 6) is -0.599. The van der Waals surface area contributed by atoms with E-state index < -0.39 is 5.97 Å². The molecule has 4 N–H and O–H groups in total. The van der Waals surface area contributed by atoms with Crippen LogP contribution in [0.25, 0.3) is 39.5 Å². The Hall–Kier alpha value is -4.30. The van der Waals surface area contributed by atoms with Gasteiger partial charge in [-0.2, -0.15) is 5.10 Å². The molecule has 1 saturated carbocycles. The van der Waals surface area contributed by atoms with Gasteiger partial charge in [-0.15, -0.1) is 0 Å². The maximum absolute atomic E-state index is 11.9. The van der Waals surface area contributed by atoms with Crippen LogP contribution in [0.2, 0.25) is 0 Å². The second kappa shape index (κ2) is 7.64. The van der Waals surface area contributed by atoms with Gasteiger partial charge in [-0.25, -0.2) is 19.3 Å². The number of hydrogen-bond acceptors (Lipinski definition) is 5. The number of H-pyrrole nitrogens is 1. The number of aromatic carboxylic acids is 1. The molecule has 34 heavy (non-hydrogen) atoms. The first kappa shape index (κ1) is 20.3. The lowest BCUT2D eigenvalue weighted by molar-refractivity contribution is 0.0689. The first-order chi connectivity index (χ1) is 16.5. The predicted octanol–water partition coefficient (Wildman–Crippen LogP) is 4.49. The standard InChI is InChI=1S/C26H22N6O2/c27-26(11-4-12-26)18-9-7-16(8-10-18)21-22(17-5-2-1-3-6-17)32-24(30-21)19(23-28-13-14-29-23)15-20(31-32)25(33)34/h1-3,5-10,13-15H,4,11-12,27H2,(H,28,29)(H,33,34). The van der Waals surface area contributed by atoms with E-state index in [4.69, 9.17) is 10.7 Å². The minimum Gasteiger partial charge on any atom is -0.476 e. The Morgan fingerprint density at radius 3 is 2.44 bits per heavy atom. The summed E-state index contributed by atoms with van der Waals surface area (Å²) in [4.78, 5) is 24.3. The Morgan fingerprint density at radius 2 is 1.82 bits per heavy atom. The van der Waals surface area contributed by atoms with Crippen LogP contribution >= 0.6 is 0 Å². The summed E-state index contributed by atoms with van der Waals surface area (Å²) in [6, 6.07) is 19.4. The molecule has 0 bridgehead atoms. The van der Waals surface area contributed by atoms with E-state index in [0.29, 0.717) is 28.4 Å². The quantitative estimate of drug-likeness (QED) is 0.363. The van der Waals surface area contributed by atoms with E-state index in [2.05, 4.69) is 27.2 Å². The van der Waals surface area contributed by atoms with Gasteiger partial charge in [0.15, 0.2) is 11.3 Å². The third kappa shape index (κ3) is 3.19. The average molecular weight is 451 g/mol. The van der Waals surface area contributed by atoms with Crippen molar-refractivity contribution in [3.8, 4) is 33.9 Å². The fourth-order valence-electron chi connectivity index (χ4n) is 4.58. The highest BCUT2D eigenvalue weighted by atomic mass is 16.4. The van der Waals surface area contributed by atoms with Gasteiger partial charge in [-0.05, 0) is 30.9 Å². The predicted molar refractivity (Wildman–Crippen MR) is 128 cm³/mol. The van der Waals surface area contributed by atoms with Crippen LogP contribution in [0.4, 0.5) is 0 Å². The topological polar surface area (TPSA) is 122 Å². The minimum atomic E-state index is -1.12. The van der Waals surface area contributed by atoms with Crippen LogP contribution in [0.3, 0.4) is 0 Å². The molecule has 3 heterocycles. The molecule has 0 atom stereocenters. The van der Waals surface area contributed by atoms with E-state index in [9.17, 15) is 9.90 Å². The Kier molecular flexibility index (Phi) is 4.56. The number of carboxylic acids is 1. The molecule has 1 aliphatic rings. The maximum Gasteiger partial charge on any atom is 0.356 e. The SMILES string of the molecule is NC1(c2ccc(-c3nc4c(-c5ncc[nH]5)cc(C(=O)O)nn4c3-c3ccccc3)cc2)CCC1. The highest BCUT2D eigenvalue weighted by molar-refractivity contribution is 5.91.